The topological polar surface area (TPSA) is 58.6 Å². The minimum absolute atomic E-state index is 0.240. The van der Waals surface area contributed by atoms with Gasteiger partial charge in [0.05, 0.1) is 6.61 Å². The molecule has 0 rings (SSSR count). The fourth-order valence-corrected chi connectivity index (χ4v) is 0.397. The van der Waals surface area contributed by atoms with Gasteiger partial charge in [0.1, 0.15) is 0 Å². The molecule has 1 unspecified atom stereocenters. The highest BCUT2D eigenvalue weighted by molar-refractivity contribution is 5.86. The van der Waals surface area contributed by atoms with Crippen molar-refractivity contribution >= 4 is 5.91 Å². The Kier molecular flexibility index (Phi) is 4.53. The van der Waals surface area contributed by atoms with Crippen molar-refractivity contribution in [1.29, 1.82) is 0 Å². The zero-order valence-corrected chi connectivity index (χ0v) is 5.83. The monoisotopic (exact) mass is 145 g/mol. The van der Waals surface area contributed by atoms with Gasteiger partial charge in [-0.25, -0.2) is 0 Å². The van der Waals surface area contributed by atoms with Crippen molar-refractivity contribution in [1.82, 2.24) is 5.32 Å². The van der Waals surface area contributed by atoms with Gasteiger partial charge in [0.25, 0.3) is 0 Å². The summed E-state index contributed by atoms with van der Waals surface area (Å²) in [4.78, 5) is 10.5. The first-order valence-electron chi connectivity index (χ1n) is 2.81. The van der Waals surface area contributed by atoms with Crippen LogP contribution in [-0.2, 0) is 9.53 Å². The summed E-state index contributed by atoms with van der Waals surface area (Å²) in [6.45, 7) is 2.99. The molecule has 0 saturated heterocycles. The molecule has 0 aromatic rings. The molecule has 0 radical (unpaired) electrons. The third-order valence-electron chi connectivity index (χ3n) is 0.939. The predicted octanol–water partition coefficient (Wildman–Crippen LogP) is -0.747. The van der Waals surface area contributed by atoms with E-state index in [1.54, 1.807) is 0 Å². The molecule has 0 spiro atoms. The largest absolute Gasteiger partial charge is 0.392 e. The van der Waals surface area contributed by atoms with E-state index in [1.165, 1.54) is 7.11 Å². The second-order valence-electron chi connectivity index (χ2n) is 1.62. The number of ether oxygens (including phenoxy) is 1. The van der Waals surface area contributed by atoms with E-state index < -0.39 is 6.23 Å². The van der Waals surface area contributed by atoms with Crippen molar-refractivity contribution in [3.63, 3.8) is 0 Å². The molecule has 1 atom stereocenters. The van der Waals surface area contributed by atoms with Crippen molar-refractivity contribution in [3.8, 4) is 0 Å². The number of methoxy groups -OCH3 is 1. The minimum atomic E-state index is -0.634. The lowest BCUT2D eigenvalue weighted by Crippen LogP contribution is -2.37. The summed E-state index contributed by atoms with van der Waals surface area (Å²) in [6, 6.07) is 0. The Morgan fingerprint density at radius 2 is 2.60 bits per heavy atom. The summed E-state index contributed by atoms with van der Waals surface area (Å²) in [5.74, 6) is -0.360. The number of rotatable bonds is 4. The van der Waals surface area contributed by atoms with Crippen LogP contribution in [0.25, 0.3) is 0 Å². The summed E-state index contributed by atoms with van der Waals surface area (Å²) in [6.07, 6.45) is 0.479. The first-order valence-corrected chi connectivity index (χ1v) is 2.81. The second kappa shape index (κ2) is 4.96. The maximum atomic E-state index is 10.5. The standard InChI is InChI=1S/C6H11NO3/c1-3-5(9)7-6(4-8)10-2/h3,6,8H,1,4H2,2H3,(H,7,9). The van der Waals surface area contributed by atoms with Crippen LogP contribution in [0.2, 0.25) is 0 Å². The van der Waals surface area contributed by atoms with Crippen LogP contribution in [0.15, 0.2) is 12.7 Å². The van der Waals surface area contributed by atoms with E-state index >= 15 is 0 Å². The molecule has 0 heterocycles. The first-order chi connectivity index (χ1) is 4.74. The van der Waals surface area contributed by atoms with Gasteiger partial charge in [-0.2, -0.15) is 0 Å². The van der Waals surface area contributed by atoms with Crippen LogP contribution in [0.3, 0.4) is 0 Å². The quantitative estimate of drug-likeness (QED) is 0.404. The van der Waals surface area contributed by atoms with Crippen molar-refractivity contribution in [2.45, 2.75) is 6.23 Å². The van der Waals surface area contributed by atoms with Gasteiger partial charge in [-0.15, -0.1) is 0 Å². The highest BCUT2D eigenvalue weighted by Gasteiger charge is 2.05. The lowest BCUT2D eigenvalue weighted by molar-refractivity contribution is -0.121. The van der Waals surface area contributed by atoms with Gasteiger partial charge < -0.3 is 15.2 Å². The summed E-state index contributed by atoms with van der Waals surface area (Å²) in [5, 5.41) is 10.8. The molecule has 0 saturated carbocycles. The first kappa shape index (κ1) is 9.13. The van der Waals surface area contributed by atoms with E-state index in [-0.39, 0.29) is 12.5 Å². The Hall–Kier alpha value is -0.870. The Bertz CT molecular complexity index is 120. The van der Waals surface area contributed by atoms with Crippen LogP contribution in [0.5, 0.6) is 0 Å². The molecule has 0 fully saturated rings. The van der Waals surface area contributed by atoms with Crippen molar-refractivity contribution in [2.24, 2.45) is 0 Å². The minimum Gasteiger partial charge on any atom is -0.392 e. The SMILES string of the molecule is C=CC(=O)NC(CO)OC. The average molecular weight is 145 g/mol. The van der Waals surface area contributed by atoms with Gasteiger partial charge in [0.15, 0.2) is 6.23 Å². The third kappa shape index (κ3) is 3.21. The molecule has 0 aromatic carbocycles. The van der Waals surface area contributed by atoms with E-state index in [0.29, 0.717) is 0 Å². The van der Waals surface area contributed by atoms with Gasteiger partial charge in [0.2, 0.25) is 5.91 Å². The second-order valence-corrected chi connectivity index (χ2v) is 1.62. The van der Waals surface area contributed by atoms with Crippen LogP contribution in [-0.4, -0.2) is 31.0 Å². The third-order valence-corrected chi connectivity index (χ3v) is 0.939. The summed E-state index contributed by atoms with van der Waals surface area (Å²) in [7, 11) is 1.39. The highest BCUT2D eigenvalue weighted by atomic mass is 16.5. The molecule has 10 heavy (non-hydrogen) atoms. The summed E-state index contributed by atoms with van der Waals surface area (Å²) >= 11 is 0. The zero-order chi connectivity index (χ0) is 7.98. The van der Waals surface area contributed by atoms with Crippen molar-refractivity contribution in [2.75, 3.05) is 13.7 Å². The molecule has 0 aromatic heterocycles. The fraction of sp³-hybridized carbons (Fsp3) is 0.500. The van der Waals surface area contributed by atoms with Crippen molar-refractivity contribution < 1.29 is 14.6 Å². The lowest BCUT2D eigenvalue weighted by Gasteiger charge is -2.11. The van der Waals surface area contributed by atoms with E-state index in [9.17, 15) is 4.79 Å². The highest BCUT2D eigenvalue weighted by Crippen LogP contribution is 1.81. The molecule has 58 valence electrons. The maximum Gasteiger partial charge on any atom is 0.245 e. The van der Waals surface area contributed by atoms with E-state index in [2.05, 4.69) is 16.6 Å². The van der Waals surface area contributed by atoms with Gasteiger partial charge in [-0.05, 0) is 6.08 Å². The normalized spacial score (nSPS) is 12.2. The number of hydrogen-bond donors (Lipinski definition) is 2. The Balaban J connectivity index is 3.62. The number of hydrogen-bond acceptors (Lipinski definition) is 3. The van der Waals surface area contributed by atoms with Gasteiger partial charge in [0, 0.05) is 7.11 Å². The lowest BCUT2D eigenvalue weighted by atomic mass is 10.5. The van der Waals surface area contributed by atoms with Crippen LogP contribution in [0.1, 0.15) is 0 Å². The van der Waals surface area contributed by atoms with Gasteiger partial charge >= 0.3 is 0 Å². The molecule has 0 aliphatic carbocycles. The molecular weight excluding hydrogens is 134 g/mol. The van der Waals surface area contributed by atoms with Crippen LogP contribution in [0.4, 0.5) is 0 Å². The van der Waals surface area contributed by atoms with Gasteiger partial charge in [-0.1, -0.05) is 6.58 Å². The molecule has 0 bridgehead atoms. The number of carbonyl (C=O) groups excluding carboxylic acids is 1. The smallest absolute Gasteiger partial charge is 0.245 e. The number of aliphatic hydroxyl groups excluding tert-OH is 1. The van der Waals surface area contributed by atoms with Crippen molar-refractivity contribution in [3.05, 3.63) is 12.7 Å². The number of carbonyl (C=O) groups is 1. The van der Waals surface area contributed by atoms with Crippen LogP contribution in [0, 0.1) is 0 Å². The van der Waals surface area contributed by atoms with Gasteiger partial charge in [-0.3, -0.25) is 4.79 Å². The molecule has 1 amide bonds. The average Bonchev–Trinajstić information content (AvgIpc) is 1.99. The number of nitrogens with one attached hydrogen (secondary N) is 1. The van der Waals surface area contributed by atoms with E-state index in [0.717, 1.165) is 6.08 Å². The Morgan fingerprint density at radius 1 is 2.00 bits per heavy atom. The molecule has 0 aliphatic heterocycles. The van der Waals surface area contributed by atoms with E-state index in [4.69, 9.17) is 5.11 Å². The van der Waals surface area contributed by atoms with Crippen LogP contribution >= 0.6 is 0 Å². The molecule has 4 heteroatoms. The van der Waals surface area contributed by atoms with Crippen LogP contribution < -0.4 is 5.32 Å². The summed E-state index contributed by atoms with van der Waals surface area (Å²) < 4.78 is 4.64. The van der Waals surface area contributed by atoms with E-state index in [1.807, 2.05) is 0 Å². The summed E-state index contributed by atoms with van der Waals surface area (Å²) in [5.41, 5.74) is 0. The number of aliphatic hydroxyl groups is 1. The molecule has 2 N–H and O–H groups in total. The fourth-order valence-electron chi connectivity index (χ4n) is 0.397. The molecule has 0 aliphatic rings. The Morgan fingerprint density at radius 3 is 2.90 bits per heavy atom. The predicted molar refractivity (Wildman–Crippen MR) is 36.2 cm³/mol. The molecular formula is C6H11NO3. The maximum absolute atomic E-state index is 10.5. The zero-order valence-electron chi connectivity index (χ0n) is 5.83. The number of amides is 1. The Labute approximate surface area is 59.5 Å². The molecule has 4 nitrogen and oxygen atoms in total.